The van der Waals surface area contributed by atoms with Crippen molar-refractivity contribution in [3.05, 3.63) is 28.7 Å². The number of fused-ring (bicyclic) bond motifs is 1. The number of nitrogens with zero attached hydrogens (tertiary/aromatic N) is 1. The fourth-order valence-electron chi connectivity index (χ4n) is 3.20. The van der Waals surface area contributed by atoms with Gasteiger partial charge in [0.05, 0.1) is 11.6 Å². The molecule has 0 unspecified atom stereocenters. The molecule has 1 aromatic carbocycles. The topological polar surface area (TPSA) is 85.5 Å². The van der Waals surface area contributed by atoms with Crippen LogP contribution < -0.4 is 16.4 Å². The Morgan fingerprint density at radius 2 is 2.00 bits per heavy atom. The summed E-state index contributed by atoms with van der Waals surface area (Å²) in [6.45, 7) is 5.55. The number of carbonyl (C=O) groups excluding carboxylic acids is 1. The Balaban J connectivity index is 1.70. The summed E-state index contributed by atoms with van der Waals surface area (Å²) in [6.07, 6.45) is 2.51. The molecule has 0 bridgehead atoms. The summed E-state index contributed by atoms with van der Waals surface area (Å²) in [5, 5.41) is 6.42. The average molecular weight is 347 g/mol. The van der Waals surface area contributed by atoms with Crippen LogP contribution in [0.5, 0.6) is 0 Å². The van der Waals surface area contributed by atoms with Crippen LogP contribution in [0, 0.1) is 0 Å². The molecule has 7 nitrogen and oxygen atoms in total. The molecule has 1 saturated carbocycles. The first-order valence-electron chi connectivity index (χ1n) is 8.58. The number of carbonyl (C=O) groups is 1. The fraction of sp³-hybridized carbons (Fsp3) is 0.556. The first kappa shape index (κ1) is 17.4. The predicted octanol–water partition coefficient (Wildman–Crippen LogP) is 2.99. The largest absolute Gasteiger partial charge is 0.444 e. The third kappa shape index (κ3) is 3.97. The van der Waals surface area contributed by atoms with Gasteiger partial charge in [-0.2, -0.15) is 0 Å². The van der Waals surface area contributed by atoms with Gasteiger partial charge < -0.3 is 19.8 Å². The van der Waals surface area contributed by atoms with Crippen LogP contribution in [-0.2, 0) is 11.8 Å². The minimum atomic E-state index is -0.511. The van der Waals surface area contributed by atoms with Crippen molar-refractivity contribution in [2.45, 2.75) is 57.7 Å². The van der Waals surface area contributed by atoms with Crippen LogP contribution in [0.3, 0.4) is 0 Å². The van der Waals surface area contributed by atoms with Crippen molar-refractivity contribution < 1.29 is 13.9 Å². The molecular weight excluding hydrogens is 322 g/mol. The summed E-state index contributed by atoms with van der Waals surface area (Å²) in [4.78, 5) is 23.6. The van der Waals surface area contributed by atoms with Gasteiger partial charge in [0, 0.05) is 18.8 Å². The molecule has 1 aliphatic carbocycles. The maximum atomic E-state index is 12.0. The van der Waals surface area contributed by atoms with Crippen LogP contribution in [0.4, 0.5) is 10.5 Å². The molecule has 0 radical (unpaired) electrons. The van der Waals surface area contributed by atoms with E-state index in [1.54, 1.807) is 13.1 Å². The normalized spacial score (nSPS) is 20.6. The van der Waals surface area contributed by atoms with Gasteiger partial charge in [-0.05, 0) is 58.2 Å². The van der Waals surface area contributed by atoms with Crippen molar-refractivity contribution in [1.82, 2.24) is 9.88 Å². The van der Waals surface area contributed by atoms with Crippen LogP contribution in [0.1, 0.15) is 40.0 Å². The molecule has 0 saturated heterocycles. The number of nitrogens with one attached hydrogen (secondary N) is 2. The minimum absolute atomic E-state index is 0.0127. The average Bonchev–Trinajstić information content (AvgIpc) is 3.03. The molecule has 2 atom stereocenters. The monoisotopic (exact) mass is 347 g/mol. The summed E-state index contributed by atoms with van der Waals surface area (Å²) in [7, 11) is 1.68. The lowest BCUT2D eigenvalue weighted by molar-refractivity contribution is 0.0503. The molecule has 0 spiro atoms. The number of aromatic nitrogens is 1. The van der Waals surface area contributed by atoms with Crippen molar-refractivity contribution in [3.8, 4) is 0 Å². The molecule has 25 heavy (non-hydrogen) atoms. The van der Waals surface area contributed by atoms with Gasteiger partial charge in [0.2, 0.25) is 0 Å². The van der Waals surface area contributed by atoms with Crippen LogP contribution in [0.15, 0.2) is 27.4 Å². The van der Waals surface area contributed by atoms with Gasteiger partial charge in [0.15, 0.2) is 5.58 Å². The standard InChI is InChI=1S/C18H25N3O4/c1-18(2,3)25-16(22)20-13-7-5-6-12(13)19-11-8-9-15-14(10-11)21(4)17(23)24-15/h8-10,12-13,19H,5-7H2,1-4H3,(H,20,22)/t12-,13+/m0/s1. The SMILES string of the molecule is Cn1c(=O)oc2ccc(N[C@H]3CCC[C@H]3NC(=O)OC(C)(C)C)cc21. The van der Waals surface area contributed by atoms with E-state index in [-0.39, 0.29) is 23.9 Å². The van der Waals surface area contributed by atoms with Crippen molar-refractivity contribution in [2.75, 3.05) is 5.32 Å². The number of amides is 1. The van der Waals surface area contributed by atoms with Gasteiger partial charge in [-0.1, -0.05) is 0 Å². The minimum Gasteiger partial charge on any atom is -0.444 e. The first-order chi connectivity index (χ1) is 11.7. The van der Waals surface area contributed by atoms with Crippen molar-refractivity contribution >= 4 is 22.9 Å². The van der Waals surface area contributed by atoms with E-state index in [2.05, 4.69) is 10.6 Å². The highest BCUT2D eigenvalue weighted by Gasteiger charge is 2.30. The highest BCUT2D eigenvalue weighted by atomic mass is 16.6. The summed E-state index contributed by atoms with van der Waals surface area (Å²) in [6, 6.07) is 5.69. The molecule has 1 heterocycles. The lowest BCUT2D eigenvalue weighted by Gasteiger charge is -2.26. The molecule has 0 aliphatic heterocycles. The van der Waals surface area contributed by atoms with Gasteiger partial charge >= 0.3 is 11.8 Å². The third-order valence-corrected chi connectivity index (χ3v) is 4.36. The predicted molar refractivity (Wildman–Crippen MR) is 95.9 cm³/mol. The Bertz CT molecular complexity index is 831. The number of ether oxygens (including phenoxy) is 1. The van der Waals surface area contributed by atoms with Gasteiger partial charge in [-0.3, -0.25) is 4.57 Å². The van der Waals surface area contributed by atoms with E-state index in [1.807, 2.05) is 32.9 Å². The fourth-order valence-corrected chi connectivity index (χ4v) is 3.20. The zero-order valence-electron chi connectivity index (χ0n) is 15.1. The smallest absolute Gasteiger partial charge is 0.419 e. The second-order valence-electron chi connectivity index (χ2n) is 7.54. The maximum Gasteiger partial charge on any atom is 0.419 e. The second-order valence-corrected chi connectivity index (χ2v) is 7.54. The van der Waals surface area contributed by atoms with Gasteiger partial charge in [0.25, 0.3) is 0 Å². The number of oxazole rings is 1. The number of rotatable bonds is 3. The molecule has 7 heteroatoms. The maximum absolute atomic E-state index is 12.0. The van der Waals surface area contributed by atoms with E-state index in [0.717, 1.165) is 30.5 Å². The van der Waals surface area contributed by atoms with Gasteiger partial charge in [-0.25, -0.2) is 9.59 Å². The number of hydrogen-bond donors (Lipinski definition) is 2. The van der Waals surface area contributed by atoms with Crippen LogP contribution in [0.25, 0.3) is 11.1 Å². The van der Waals surface area contributed by atoms with Gasteiger partial charge in [-0.15, -0.1) is 0 Å². The highest BCUT2D eigenvalue weighted by Crippen LogP contribution is 2.25. The number of aryl methyl sites for hydroxylation is 1. The van der Waals surface area contributed by atoms with E-state index in [0.29, 0.717) is 5.58 Å². The second kappa shape index (κ2) is 6.46. The van der Waals surface area contributed by atoms with Crippen LogP contribution in [0.2, 0.25) is 0 Å². The Kier molecular flexibility index (Phi) is 4.49. The molecule has 1 amide bonds. The Morgan fingerprint density at radius 3 is 2.72 bits per heavy atom. The molecule has 1 aromatic heterocycles. The third-order valence-electron chi connectivity index (χ3n) is 4.36. The number of alkyl carbamates (subject to hydrolysis) is 1. The summed E-state index contributed by atoms with van der Waals surface area (Å²) in [5.41, 5.74) is 1.69. The molecule has 136 valence electrons. The summed E-state index contributed by atoms with van der Waals surface area (Å²) in [5.74, 6) is -0.377. The lowest BCUT2D eigenvalue weighted by atomic mass is 10.1. The molecule has 2 aromatic rings. The quantitative estimate of drug-likeness (QED) is 0.891. The van der Waals surface area contributed by atoms with Gasteiger partial charge in [0.1, 0.15) is 5.60 Å². The van der Waals surface area contributed by atoms with Crippen LogP contribution >= 0.6 is 0 Å². The van der Waals surface area contributed by atoms with Crippen LogP contribution in [-0.4, -0.2) is 28.3 Å². The number of hydrogen-bond acceptors (Lipinski definition) is 5. The van der Waals surface area contributed by atoms with E-state index >= 15 is 0 Å². The van der Waals surface area contributed by atoms with Crippen molar-refractivity contribution in [3.63, 3.8) is 0 Å². The molecule has 2 N–H and O–H groups in total. The molecule has 1 aliphatic rings. The zero-order chi connectivity index (χ0) is 18.2. The Hall–Kier alpha value is -2.44. The summed E-state index contributed by atoms with van der Waals surface area (Å²) < 4.78 is 12.0. The Morgan fingerprint density at radius 1 is 1.28 bits per heavy atom. The summed E-state index contributed by atoms with van der Waals surface area (Å²) >= 11 is 0. The molecule has 1 fully saturated rings. The van der Waals surface area contributed by atoms with E-state index in [9.17, 15) is 9.59 Å². The van der Waals surface area contributed by atoms with E-state index < -0.39 is 5.60 Å². The van der Waals surface area contributed by atoms with E-state index in [4.69, 9.17) is 9.15 Å². The van der Waals surface area contributed by atoms with Crippen molar-refractivity contribution in [2.24, 2.45) is 7.05 Å². The van der Waals surface area contributed by atoms with Crippen molar-refractivity contribution in [1.29, 1.82) is 0 Å². The number of anilines is 1. The Labute approximate surface area is 146 Å². The number of benzene rings is 1. The molecular formula is C18H25N3O4. The molecule has 3 rings (SSSR count). The first-order valence-corrected chi connectivity index (χ1v) is 8.58. The zero-order valence-corrected chi connectivity index (χ0v) is 15.1. The van der Waals surface area contributed by atoms with E-state index in [1.165, 1.54) is 4.57 Å². The highest BCUT2D eigenvalue weighted by molar-refractivity contribution is 5.77. The lowest BCUT2D eigenvalue weighted by Crippen LogP contribution is -2.45.